The molecule has 0 radical (unpaired) electrons. The molecule has 0 unspecified atom stereocenters. The van der Waals surface area contributed by atoms with Crippen molar-refractivity contribution >= 4 is 35.1 Å². The van der Waals surface area contributed by atoms with Gasteiger partial charge in [0.2, 0.25) is 5.91 Å². The molecule has 0 saturated carbocycles. The van der Waals surface area contributed by atoms with Gasteiger partial charge in [-0.05, 0) is 29.3 Å². The fourth-order valence-electron chi connectivity index (χ4n) is 3.48. The standard InChI is InChI=1S/C21H16ClF2N3O2S/c1-27-19-18(15(9-17(28)25-19)12-6-13(23)8-14(24)7-12)20(29)26-21(27)30-10-11-4-2-3-5-16(11)22/h2-8,15H,9-10H2,1H3,(H,25,28)/t15-/m1/s1. The van der Waals surface area contributed by atoms with Crippen LogP contribution in [0.3, 0.4) is 0 Å². The highest BCUT2D eigenvalue weighted by molar-refractivity contribution is 7.98. The minimum atomic E-state index is -0.784. The Labute approximate surface area is 180 Å². The zero-order chi connectivity index (χ0) is 21.4. The highest BCUT2D eigenvalue weighted by Crippen LogP contribution is 2.36. The lowest BCUT2D eigenvalue weighted by molar-refractivity contribution is -0.116. The fraction of sp³-hybridized carbons (Fsp3) is 0.190. The van der Waals surface area contributed by atoms with Gasteiger partial charge in [0, 0.05) is 36.2 Å². The quantitative estimate of drug-likeness (QED) is 0.473. The highest BCUT2D eigenvalue weighted by atomic mass is 35.5. The van der Waals surface area contributed by atoms with Crippen LogP contribution in [-0.2, 0) is 17.6 Å². The van der Waals surface area contributed by atoms with Crippen molar-refractivity contribution < 1.29 is 13.6 Å². The lowest BCUT2D eigenvalue weighted by Gasteiger charge is -2.27. The molecule has 0 fully saturated rings. The maximum Gasteiger partial charge on any atom is 0.279 e. The van der Waals surface area contributed by atoms with E-state index in [-0.39, 0.29) is 29.3 Å². The van der Waals surface area contributed by atoms with Gasteiger partial charge in [0.25, 0.3) is 5.56 Å². The number of halogens is 3. The number of anilines is 1. The number of fused-ring (bicyclic) bond motifs is 1. The number of thioether (sulfide) groups is 1. The zero-order valence-corrected chi connectivity index (χ0v) is 17.4. The fourth-order valence-corrected chi connectivity index (χ4v) is 4.73. The number of carbonyl (C=O) groups excluding carboxylic acids is 1. The molecule has 30 heavy (non-hydrogen) atoms. The van der Waals surface area contributed by atoms with Gasteiger partial charge < -0.3 is 9.88 Å². The molecule has 0 aliphatic carbocycles. The van der Waals surface area contributed by atoms with Crippen LogP contribution >= 0.6 is 23.4 Å². The molecule has 1 aliphatic heterocycles. The Morgan fingerprint density at radius 1 is 1.20 bits per heavy atom. The van der Waals surface area contributed by atoms with Crippen molar-refractivity contribution in [3.05, 3.63) is 86.2 Å². The van der Waals surface area contributed by atoms with Crippen LogP contribution in [-0.4, -0.2) is 15.5 Å². The van der Waals surface area contributed by atoms with Crippen molar-refractivity contribution in [2.75, 3.05) is 5.32 Å². The molecule has 4 rings (SSSR count). The number of rotatable bonds is 4. The zero-order valence-electron chi connectivity index (χ0n) is 15.8. The Bertz CT molecular complexity index is 1200. The van der Waals surface area contributed by atoms with Crippen LogP contribution in [0.2, 0.25) is 5.02 Å². The number of amides is 1. The Balaban J connectivity index is 1.75. The van der Waals surface area contributed by atoms with Gasteiger partial charge in [-0.15, -0.1) is 0 Å². The van der Waals surface area contributed by atoms with Crippen LogP contribution in [0.25, 0.3) is 0 Å². The summed E-state index contributed by atoms with van der Waals surface area (Å²) in [5, 5.41) is 3.70. The minimum absolute atomic E-state index is 0.0983. The highest BCUT2D eigenvalue weighted by Gasteiger charge is 2.32. The summed E-state index contributed by atoms with van der Waals surface area (Å²) in [6, 6.07) is 10.4. The summed E-state index contributed by atoms with van der Waals surface area (Å²) in [5.74, 6) is -1.91. The van der Waals surface area contributed by atoms with E-state index in [1.165, 1.54) is 11.8 Å². The van der Waals surface area contributed by atoms with Crippen molar-refractivity contribution in [1.29, 1.82) is 0 Å². The van der Waals surface area contributed by atoms with Crippen molar-refractivity contribution in [3.63, 3.8) is 0 Å². The maximum absolute atomic E-state index is 13.7. The number of nitrogens with one attached hydrogen (secondary N) is 1. The molecule has 2 heterocycles. The first kappa shape index (κ1) is 20.6. The van der Waals surface area contributed by atoms with Crippen LogP contribution in [0, 0.1) is 11.6 Å². The van der Waals surface area contributed by atoms with Gasteiger partial charge in [-0.25, -0.2) is 8.78 Å². The molecule has 0 saturated heterocycles. The number of benzene rings is 2. The summed E-state index contributed by atoms with van der Waals surface area (Å²) in [6.07, 6.45) is -0.0983. The minimum Gasteiger partial charge on any atom is -0.312 e. The Hall–Kier alpha value is -2.71. The summed E-state index contributed by atoms with van der Waals surface area (Å²) in [7, 11) is 1.68. The van der Waals surface area contributed by atoms with Crippen LogP contribution in [0.15, 0.2) is 52.4 Å². The van der Waals surface area contributed by atoms with E-state index in [2.05, 4.69) is 10.3 Å². The van der Waals surface area contributed by atoms with Gasteiger partial charge in [-0.3, -0.25) is 9.59 Å². The normalized spacial score (nSPS) is 15.6. The molecule has 3 aromatic rings. The van der Waals surface area contributed by atoms with Crippen molar-refractivity contribution in [3.8, 4) is 0 Å². The number of hydrogen-bond acceptors (Lipinski definition) is 4. The van der Waals surface area contributed by atoms with Crippen LogP contribution in [0.1, 0.15) is 29.0 Å². The maximum atomic E-state index is 13.7. The third-order valence-corrected chi connectivity index (χ3v) is 6.35. The molecule has 1 N–H and O–H groups in total. The first-order chi connectivity index (χ1) is 14.3. The summed E-state index contributed by atoms with van der Waals surface area (Å²) >= 11 is 7.49. The van der Waals surface area contributed by atoms with Gasteiger partial charge in [-0.1, -0.05) is 41.6 Å². The Kier molecular flexibility index (Phi) is 5.62. The van der Waals surface area contributed by atoms with E-state index in [1.54, 1.807) is 17.7 Å². The predicted octanol–water partition coefficient (Wildman–Crippen LogP) is 4.48. The summed E-state index contributed by atoms with van der Waals surface area (Å²) in [4.78, 5) is 29.4. The van der Waals surface area contributed by atoms with Crippen LogP contribution in [0.5, 0.6) is 0 Å². The van der Waals surface area contributed by atoms with E-state index in [0.29, 0.717) is 15.9 Å². The van der Waals surface area contributed by atoms with Gasteiger partial charge in [-0.2, -0.15) is 4.98 Å². The molecular formula is C21H16ClF2N3O2S. The summed E-state index contributed by atoms with van der Waals surface area (Å²) < 4.78 is 29.1. The third kappa shape index (κ3) is 3.97. The molecule has 9 heteroatoms. The number of hydrogen-bond donors (Lipinski definition) is 1. The third-order valence-electron chi connectivity index (χ3n) is 4.90. The van der Waals surface area contributed by atoms with Gasteiger partial charge in [0.15, 0.2) is 5.16 Å². The number of carbonyl (C=O) groups is 1. The van der Waals surface area contributed by atoms with Crippen molar-refractivity contribution in [2.45, 2.75) is 23.2 Å². The summed E-state index contributed by atoms with van der Waals surface area (Å²) in [5.41, 5.74) is 0.774. The van der Waals surface area contributed by atoms with Gasteiger partial charge in [0.1, 0.15) is 17.5 Å². The molecular weight excluding hydrogens is 432 g/mol. The topological polar surface area (TPSA) is 64.0 Å². The molecule has 2 aromatic carbocycles. The summed E-state index contributed by atoms with van der Waals surface area (Å²) in [6.45, 7) is 0. The molecule has 0 spiro atoms. The number of aromatic nitrogens is 2. The molecule has 1 aromatic heterocycles. The van der Waals surface area contributed by atoms with E-state index in [9.17, 15) is 18.4 Å². The van der Waals surface area contributed by atoms with E-state index in [0.717, 1.165) is 23.8 Å². The van der Waals surface area contributed by atoms with E-state index >= 15 is 0 Å². The first-order valence-electron chi connectivity index (χ1n) is 9.06. The SMILES string of the molecule is Cn1c(SCc2ccccc2Cl)nc(=O)c2c1NC(=O)C[C@@H]2c1cc(F)cc(F)c1. The monoisotopic (exact) mass is 447 g/mol. The average Bonchev–Trinajstić information content (AvgIpc) is 2.69. The molecule has 0 bridgehead atoms. The second-order valence-corrected chi connectivity index (χ2v) is 8.26. The molecule has 1 atom stereocenters. The second kappa shape index (κ2) is 8.20. The Morgan fingerprint density at radius 3 is 2.60 bits per heavy atom. The molecule has 154 valence electrons. The second-order valence-electron chi connectivity index (χ2n) is 6.91. The lowest BCUT2D eigenvalue weighted by atomic mass is 9.86. The Morgan fingerprint density at radius 2 is 1.90 bits per heavy atom. The number of nitrogens with zero attached hydrogens (tertiary/aromatic N) is 2. The predicted molar refractivity (Wildman–Crippen MR) is 112 cm³/mol. The van der Waals surface area contributed by atoms with Gasteiger partial charge >= 0.3 is 0 Å². The van der Waals surface area contributed by atoms with E-state index in [4.69, 9.17) is 11.6 Å². The van der Waals surface area contributed by atoms with Gasteiger partial charge in [0.05, 0.1) is 5.56 Å². The van der Waals surface area contributed by atoms with E-state index < -0.39 is 23.1 Å². The smallest absolute Gasteiger partial charge is 0.279 e. The molecule has 1 aliphatic rings. The van der Waals surface area contributed by atoms with Crippen LogP contribution < -0.4 is 10.9 Å². The van der Waals surface area contributed by atoms with Crippen LogP contribution in [0.4, 0.5) is 14.6 Å². The largest absolute Gasteiger partial charge is 0.312 e. The van der Waals surface area contributed by atoms with Crippen molar-refractivity contribution in [1.82, 2.24) is 9.55 Å². The average molecular weight is 448 g/mol. The molecule has 1 amide bonds. The van der Waals surface area contributed by atoms with Crippen molar-refractivity contribution in [2.24, 2.45) is 7.05 Å². The first-order valence-corrected chi connectivity index (χ1v) is 10.4. The lowest BCUT2D eigenvalue weighted by Crippen LogP contribution is -2.33. The molecule has 5 nitrogen and oxygen atoms in total. The van der Waals surface area contributed by atoms with E-state index in [1.807, 2.05) is 18.2 Å².